The normalized spacial score (nSPS) is 23.2. The number of rotatable bonds is 48. The largest absolute Gasteiger partial charge is 0.487 e. The third kappa shape index (κ3) is 36.3. The molecule has 3 heterocycles. The van der Waals surface area contributed by atoms with E-state index in [1.807, 2.05) is 0 Å². The van der Waals surface area contributed by atoms with Gasteiger partial charge < -0.3 is 129 Å². The fourth-order valence-electron chi connectivity index (χ4n) is 10.5. The van der Waals surface area contributed by atoms with Gasteiger partial charge in [-0.3, -0.25) is 52.7 Å². The van der Waals surface area contributed by atoms with Gasteiger partial charge in [0.25, 0.3) is 0 Å². The molecule has 3 fully saturated rings. The van der Waals surface area contributed by atoms with Crippen LogP contribution in [0.25, 0.3) is 0 Å². The molecule has 1 aromatic rings. The molecule has 0 aromatic heterocycles. The van der Waals surface area contributed by atoms with E-state index in [9.17, 15) is 57.5 Å². The number of ether oxygens (including phenoxy) is 25. The minimum atomic E-state index is -1.32. The highest BCUT2D eigenvalue weighted by atomic mass is 16.7. The number of carbonyl (C=O) groups is 12. The summed E-state index contributed by atoms with van der Waals surface area (Å²) < 4.78 is 143. The second-order valence-electron chi connectivity index (χ2n) is 24.9. The molecule has 2 N–H and O–H groups in total. The van der Waals surface area contributed by atoms with Crippen molar-refractivity contribution in [2.24, 2.45) is 0 Å². The number of carbonyl (C=O) groups excluding carboxylic acids is 12. The Labute approximate surface area is 624 Å². The molecule has 14 atom stereocenters. The summed E-state index contributed by atoms with van der Waals surface area (Å²) in [6.07, 6.45) is -14.3. The van der Waals surface area contributed by atoms with Crippen LogP contribution in [0.15, 0.2) is 12.1 Å². The molecule has 0 unspecified atom stereocenters. The first-order chi connectivity index (χ1) is 51.2. The molecule has 0 spiro atoms. The summed E-state index contributed by atoms with van der Waals surface area (Å²) in [6.45, 7) is 16.5. The van der Waals surface area contributed by atoms with Crippen LogP contribution in [0.3, 0.4) is 0 Å². The van der Waals surface area contributed by atoms with Gasteiger partial charge in [0.05, 0.1) is 105 Å². The number of hydrogen-bond acceptors (Lipinski definition) is 37. The molecule has 39 heteroatoms. The molecule has 0 saturated carbocycles. The van der Waals surface area contributed by atoms with Crippen molar-refractivity contribution in [2.45, 2.75) is 195 Å². The molecular formula is C69H104N2O37. The predicted molar refractivity (Wildman–Crippen MR) is 360 cm³/mol. The molecule has 4 rings (SSSR count). The van der Waals surface area contributed by atoms with Crippen LogP contribution in [-0.4, -0.2) is 302 Å². The average Bonchev–Trinajstić information content (AvgIpc) is 0.811. The van der Waals surface area contributed by atoms with E-state index >= 15 is 0 Å². The van der Waals surface area contributed by atoms with Gasteiger partial charge in [-0.1, -0.05) is 0 Å². The third-order valence-corrected chi connectivity index (χ3v) is 14.5. The lowest BCUT2D eigenvalue weighted by Crippen LogP contribution is -2.66. The third-order valence-electron chi connectivity index (χ3n) is 14.5. The van der Waals surface area contributed by atoms with Gasteiger partial charge in [-0.05, 0) is 32.9 Å². The second-order valence-corrected chi connectivity index (χ2v) is 24.9. The Bertz CT molecular complexity index is 2900. The van der Waals surface area contributed by atoms with Crippen LogP contribution >= 0.6 is 0 Å². The highest BCUT2D eigenvalue weighted by molar-refractivity contribution is 5.91. The first-order valence-corrected chi connectivity index (χ1v) is 34.8. The zero-order valence-electron chi connectivity index (χ0n) is 63.4. The van der Waals surface area contributed by atoms with Crippen molar-refractivity contribution in [1.29, 1.82) is 0 Å². The molecule has 612 valence electrons. The Hall–Kier alpha value is -8.22. The van der Waals surface area contributed by atoms with Gasteiger partial charge in [0.15, 0.2) is 60.9 Å². The Balaban J connectivity index is 1.40. The van der Waals surface area contributed by atoms with Crippen molar-refractivity contribution >= 4 is 71.5 Å². The van der Waals surface area contributed by atoms with Gasteiger partial charge in [-0.25, -0.2) is 4.79 Å². The fraction of sp³-hybridized carbons (Fsp3) is 0.739. The highest BCUT2D eigenvalue weighted by Crippen LogP contribution is 2.40. The number of amides is 2. The summed E-state index contributed by atoms with van der Waals surface area (Å²) in [5.74, 6) is -8.01. The van der Waals surface area contributed by atoms with Crippen molar-refractivity contribution in [1.82, 2.24) is 10.6 Å². The maximum Gasteiger partial charge on any atom is 0.338 e. The predicted octanol–water partition coefficient (Wildman–Crippen LogP) is 0.781. The van der Waals surface area contributed by atoms with Crippen molar-refractivity contribution < 1.29 is 176 Å². The Morgan fingerprint density at radius 1 is 0.370 bits per heavy atom. The van der Waals surface area contributed by atoms with Crippen LogP contribution in [0.2, 0.25) is 0 Å². The van der Waals surface area contributed by atoms with Crippen LogP contribution in [0, 0.1) is 0 Å². The van der Waals surface area contributed by atoms with E-state index < -0.39 is 176 Å². The number of nitrogens with one attached hydrogen (secondary N) is 2. The molecule has 3 aliphatic rings. The van der Waals surface area contributed by atoms with Gasteiger partial charge in [0, 0.05) is 82.6 Å². The average molecular weight is 1550 g/mol. The van der Waals surface area contributed by atoms with Crippen LogP contribution in [0.4, 0.5) is 0 Å². The lowest BCUT2D eigenvalue weighted by molar-refractivity contribution is -0.279. The van der Waals surface area contributed by atoms with Crippen molar-refractivity contribution in [3.05, 3.63) is 17.7 Å². The topological polar surface area (TPSA) is 460 Å². The molecule has 0 bridgehead atoms. The van der Waals surface area contributed by atoms with Crippen molar-refractivity contribution in [3.63, 3.8) is 0 Å². The Kier molecular flexibility index (Phi) is 41.8. The summed E-state index contributed by atoms with van der Waals surface area (Å²) in [5, 5.41) is 5.25. The lowest BCUT2D eigenvalue weighted by atomic mass is 9.96. The monoisotopic (exact) mass is 1550 g/mol. The van der Waals surface area contributed by atoms with Crippen LogP contribution in [-0.2, 0) is 157 Å². The smallest absolute Gasteiger partial charge is 0.338 e. The van der Waals surface area contributed by atoms with Crippen LogP contribution in [0.1, 0.15) is 114 Å². The number of hydrogen-bond donors (Lipinski definition) is 2. The van der Waals surface area contributed by atoms with Gasteiger partial charge in [-0.2, -0.15) is 0 Å². The van der Waals surface area contributed by atoms with Gasteiger partial charge >= 0.3 is 59.7 Å². The fourth-order valence-corrected chi connectivity index (χ4v) is 10.5. The Morgan fingerprint density at radius 2 is 0.685 bits per heavy atom. The first kappa shape index (κ1) is 92.2. The van der Waals surface area contributed by atoms with Crippen molar-refractivity contribution in [2.75, 3.05) is 139 Å². The number of benzene rings is 1. The van der Waals surface area contributed by atoms with E-state index in [0.29, 0.717) is 0 Å². The maximum atomic E-state index is 13.7. The summed E-state index contributed by atoms with van der Waals surface area (Å²) in [4.78, 5) is 146. The van der Waals surface area contributed by atoms with E-state index in [1.54, 1.807) is 20.8 Å². The van der Waals surface area contributed by atoms with Crippen LogP contribution < -0.4 is 24.8 Å². The van der Waals surface area contributed by atoms with Gasteiger partial charge in [0.1, 0.15) is 81.7 Å². The molecule has 2 amide bonds. The molecule has 1 aromatic carbocycles. The summed E-state index contributed by atoms with van der Waals surface area (Å²) >= 11 is 0. The first-order valence-electron chi connectivity index (χ1n) is 34.8. The summed E-state index contributed by atoms with van der Waals surface area (Å²) in [6, 6.07) is 0.458. The summed E-state index contributed by atoms with van der Waals surface area (Å²) in [7, 11) is 0. The Morgan fingerprint density at radius 3 is 1.03 bits per heavy atom. The maximum absolute atomic E-state index is 13.7. The zero-order chi connectivity index (χ0) is 79.9. The minimum Gasteiger partial charge on any atom is -0.487 e. The molecular weight excluding hydrogens is 1450 g/mol. The minimum absolute atomic E-state index is 0.00574. The van der Waals surface area contributed by atoms with Crippen molar-refractivity contribution in [3.8, 4) is 17.2 Å². The molecule has 0 aliphatic carbocycles. The molecule has 3 aliphatic heterocycles. The van der Waals surface area contributed by atoms with E-state index in [0.717, 1.165) is 41.5 Å². The molecule has 108 heavy (non-hydrogen) atoms. The zero-order valence-corrected chi connectivity index (χ0v) is 63.4. The van der Waals surface area contributed by atoms with Crippen LogP contribution in [0.5, 0.6) is 17.2 Å². The van der Waals surface area contributed by atoms with E-state index in [-0.39, 0.29) is 155 Å². The summed E-state index contributed by atoms with van der Waals surface area (Å²) in [5.41, 5.74) is -0.890. The van der Waals surface area contributed by atoms with Gasteiger partial charge in [-0.15, -0.1) is 0 Å². The molecule has 0 radical (unpaired) electrons. The van der Waals surface area contributed by atoms with E-state index in [2.05, 4.69) is 10.6 Å². The second kappa shape index (κ2) is 49.0. The SMILES string of the molecule is CC(=O)N[C@H]1[C@H](OCCOCCOCCOc2cc(C(=O)OC(C)(C)C)cc(OCCOCCOCCO[C@@H]3O[C@H](COC(C)=O)[C@H](OC(C)=O)[C@H](OC(C)=O)[C@H]3NC(C)=O)c2OCCOCCOCCO[C@H]2C[C@@H](OC(C)=O)[C@@H](OC(C)=O)[C@@H](COC(C)=O)O2)O[C@H](COC(C)=O)[C@H](OC(C)=O)[C@@H]1OC(C)=O. The van der Waals surface area contributed by atoms with E-state index in [1.165, 1.54) is 46.8 Å². The van der Waals surface area contributed by atoms with E-state index in [4.69, 9.17) is 118 Å². The molecule has 39 nitrogen and oxygen atoms in total. The lowest BCUT2D eigenvalue weighted by Gasteiger charge is -2.44. The highest BCUT2D eigenvalue weighted by Gasteiger charge is 2.53. The number of esters is 10. The van der Waals surface area contributed by atoms with Gasteiger partial charge in [0.2, 0.25) is 17.6 Å². The molecule has 3 saturated heterocycles. The quantitative estimate of drug-likeness (QED) is 0.0517. The standard InChI is InChI=1S/C69H104N2O37/c1-39(72)70-58-64(103-48(10)81)62(101-46(8)79)55(37-97-42(4)75)106-67(58)94-31-25-88-19-15-84-21-27-90-51-33-50(66(83)108-69(12,13)14)34-52(60(51)93-30-24-87-18-17-86-23-29-92-57-35-53(99-44(6)77)61(100-45(7)78)54(105-57)36-96-41(3)74)91-28-22-85-16-20-89-26-32-95-68-59(71-40(2)73)65(104-49(11)82)63(102-47(9)80)56(107-68)38-98-43(5)76/h33-34,53-59,61-65,67-68H,15-32,35-38H2,1-14H3,(H,70,72)(H,71,73)/t53-,54-,55-,56-,57-,58-,59-,61-,62+,63+,64-,65-,67-,68-/m1/s1.